The minimum Gasteiger partial charge on any atom is -0.457 e. The van der Waals surface area contributed by atoms with Gasteiger partial charge < -0.3 is 14.4 Å². The van der Waals surface area contributed by atoms with Gasteiger partial charge in [0.05, 0.1) is 27.6 Å². The first kappa shape index (κ1) is 47.0. The highest BCUT2D eigenvalue weighted by molar-refractivity contribution is 6.04. The minimum atomic E-state index is -0.669. The maximum atomic E-state index is 6.84. The molecule has 3 nitrogen and oxygen atoms in total. The van der Waals surface area contributed by atoms with E-state index in [-0.39, 0.29) is 0 Å². The van der Waals surface area contributed by atoms with Gasteiger partial charge in [-0.2, -0.15) is 0 Å². The van der Waals surface area contributed by atoms with Crippen molar-refractivity contribution in [1.82, 2.24) is 0 Å². The summed E-state index contributed by atoms with van der Waals surface area (Å²) in [6, 6.07) is 115. The highest BCUT2D eigenvalue weighted by Crippen LogP contribution is 2.67. The molecule has 2 spiro atoms. The molecule has 13 aromatic rings. The SMILES string of the molecule is c1ccc(C2(c3ccccc3)c3ccccc3-c3ccc(-c4cccc(N(c5cccc6c5-c5ccccc5C65c6ccccc6Oc6ccccc65)c5cccc6c5-c5ccccc5C65c6ccccc6Oc6ccccc65)c4)cc32)cc1. The Bertz CT molecular complexity index is 4560. The van der Waals surface area contributed by atoms with E-state index in [9.17, 15) is 0 Å². The van der Waals surface area contributed by atoms with Crippen LogP contribution in [0.5, 0.6) is 23.0 Å². The van der Waals surface area contributed by atoms with Gasteiger partial charge >= 0.3 is 0 Å². The molecular formula is C81H51NO2. The van der Waals surface area contributed by atoms with Crippen LogP contribution in [0, 0.1) is 0 Å². The first-order valence-electron chi connectivity index (χ1n) is 29.1. The average Bonchev–Trinajstić information content (AvgIpc) is 1.71. The number of hydrogen-bond donors (Lipinski definition) is 0. The van der Waals surface area contributed by atoms with E-state index >= 15 is 0 Å². The summed E-state index contributed by atoms with van der Waals surface area (Å²) in [6.07, 6.45) is 0. The van der Waals surface area contributed by atoms with Crippen molar-refractivity contribution >= 4 is 17.1 Å². The van der Waals surface area contributed by atoms with Crippen molar-refractivity contribution in [3.05, 3.63) is 376 Å². The molecule has 3 aliphatic carbocycles. The van der Waals surface area contributed by atoms with Crippen LogP contribution in [-0.4, -0.2) is 0 Å². The summed E-state index contributed by atoms with van der Waals surface area (Å²) >= 11 is 0. The lowest BCUT2D eigenvalue weighted by molar-refractivity contribution is 0.436. The quantitative estimate of drug-likeness (QED) is 0.166. The zero-order chi connectivity index (χ0) is 55.1. The van der Waals surface area contributed by atoms with Crippen LogP contribution in [0.25, 0.3) is 44.5 Å². The fourth-order valence-corrected chi connectivity index (χ4v) is 16.0. The molecule has 0 atom stereocenters. The highest BCUT2D eigenvalue weighted by Gasteiger charge is 2.54. The Balaban J connectivity index is 0.922. The highest BCUT2D eigenvalue weighted by atomic mass is 16.5. The van der Waals surface area contributed by atoms with E-state index < -0.39 is 16.2 Å². The largest absolute Gasteiger partial charge is 0.457 e. The van der Waals surface area contributed by atoms with Gasteiger partial charge in [-0.1, -0.05) is 255 Å². The Morgan fingerprint density at radius 1 is 0.226 bits per heavy atom. The molecule has 3 heteroatoms. The molecule has 2 heterocycles. The van der Waals surface area contributed by atoms with Crippen LogP contribution in [0.15, 0.2) is 309 Å². The van der Waals surface area contributed by atoms with Crippen molar-refractivity contribution < 1.29 is 9.47 Å². The molecule has 13 aromatic carbocycles. The molecule has 0 saturated carbocycles. The molecule has 392 valence electrons. The second-order valence-electron chi connectivity index (χ2n) is 22.9. The normalized spacial score (nSPS) is 14.7. The van der Waals surface area contributed by atoms with Crippen LogP contribution in [0.4, 0.5) is 17.1 Å². The lowest BCUT2D eigenvalue weighted by Crippen LogP contribution is -2.32. The minimum absolute atomic E-state index is 0.543. The summed E-state index contributed by atoms with van der Waals surface area (Å²) in [5.74, 6) is 3.48. The van der Waals surface area contributed by atoms with E-state index in [2.05, 4.69) is 314 Å². The summed E-state index contributed by atoms with van der Waals surface area (Å²) in [4.78, 5) is 2.59. The number of para-hydroxylation sites is 4. The van der Waals surface area contributed by atoms with Crippen LogP contribution in [0.3, 0.4) is 0 Å². The molecule has 0 aromatic heterocycles. The fourth-order valence-electron chi connectivity index (χ4n) is 16.0. The molecule has 0 N–H and O–H groups in total. The standard InChI is InChI=1S/C81H51NO2/c1-3-25-54(26-4-1)79(55-27-5-2-6-28-55)61-33-10-7-30-57(61)58-49-48-53(51-70(58)79)52-24-21-29-56(50-52)82(71-42-22-40-68-77(71)59-31-8-11-34-62(59)80(68)64-36-13-17-44-73(64)83-74-45-18-14-37-65(74)80)72-43-23-41-69-78(72)60-32-9-12-35-63(60)81(69)66-38-15-19-46-75(66)84-76-47-20-16-39-67(76)81/h1-51H. The maximum Gasteiger partial charge on any atom is 0.132 e. The predicted octanol–water partition coefficient (Wildman–Crippen LogP) is 20.1. The van der Waals surface area contributed by atoms with Gasteiger partial charge in [-0.15, -0.1) is 0 Å². The smallest absolute Gasteiger partial charge is 0.132 e. The molecule has 0 saturated heterocycles. The van der Waals surface area contributed by atoms with Crippen LogP contribution in [0.1, 0.15) is 66.8 Å². The van der Waals surface area contributed by atoms with E-state index in [1.165, 1.54) is 77.9 Å². The number of ether oxygens (including phenoxy) is 2. The number of rotatable bonds is 6. The second kappa shape index (κ2) is 17.6. The summed E-state index contributed by atoms with van der Waals surface area (Å²) in [7, 11) is 0. The number of anilines is 3. The zero-order valence-electron chi connectivity index (χ0n) is 45.7. The molecular weight excluding hydrogens is 1020 g/mol. The van der Waals surface area contributed by atoms with Gasteiger partial charge in [-0.3, -0.25) is 0 Å². The third-order valence-electron chi connectivity index (χ3n) is 19.1. The zero-order valence-corrected chi connectivity index (χ0v) is 45.7. The van der Waals surface area contributed by atoms with Crippen LogP contribution in [0.2, 0.25) is 0 Å². The lowest BCUT2D eigenvalue weighted by atomic mass is 9.66. The van der Waals surface area contributed by atoms with Crippen molar-refractivity contribution in [2.75, 3.05) is 4.90 Å². The van der Waals surface area contributed by atoms with E-state index in [1.807, 2.05) is 0 Å². The molecule has 0 fully saturated rings. The number of nitrogens with zero attached hydrogens (tertiary/aromatic N) is 1. The number of benzene rings is 13. The summed E-state index contributed by atoms with van der Waals surface area (Å²) in [6.45, 7) is 0. The Labute approximate surface area is 488 Å². The van der Waals surface area contributed by atoms with E-state index in [0.717, 1.165) is 73.4 Å². The van der Waals surface area contributed by atoms with E-state index in [4.69, 9.17) is 9.47 Å². The Kier molecular flexibility index (Phi) is 9.86. The first-order valence-corrected chi connectivity index (χ1v) is 29.1. The first-order chi connectivity index (χ1) is 41.7. The third kappa shape index (κ3) is 6.04. The van der Waals surface area contributed by atoms with E-state index in [1.54, 1.807) is 0 Å². The average molecular weight is 1070 g/mol. The monoisotopic (exact) mass is 1070 g/mol. The lowest BCUT2D eigenvalue weighted by Gasteiger charge is -2.40. The molecule has 0 unspecified atom stereocenters. The van der Waals surface area contributed by atoms with Gasteiger partial charge in [-0.05, 0) is 132 Å². The van der Waals surface area contributed by atoms with Crippen molar-refractivity contribution in [3.8, 4) is 67.5 Å². The second-order valence-corrected chi connectivity index (χ2v) is 22.9. The molecule has 0 radical (unpaired) electrons. The van der Waals surface area contributed by atoms with Crippen molar-refractivity contribution in [3.63, 3.8) is 0 Å². The summed E-state index contributed by atoms with van der Waals surface area (Å²) in [5, 5.41) is 0. The van der Waals surface area contributed by atoms with Crippen LogP contribution >= 0.6 is 0 Å². The van der Waals surface area contributed by atoms with Crippen LogP contribution < -0.4 is 14.4 Å². The van der Waals surface area contributed by atoms with Gasteiger partial charge in [0, 0.05) is 39.1 Å². The molecule has 18 rings (SSSR count). The molecule has 84 heavy (non-hydrogen) atoms. The number of fused-ring (bicyclic) bond motifs is 21. The summed E-state index contributed by atoms with van der Waals surface area (Å²) in [5.41, 5.74) is 25.4. The predicted molar refractivity (Wildman–Crippen MR) is 339 cm³/mol. The Hall–Kier alpha value is -10.7. The topological polar surface area (TPSA) is 21.7 Å². The van der Waals surface area contributed by atoms with Gasteiger partial charge in [0.2, 0.25) is 0 Å². The summed E-state index contributed by atoms with van der Waals surface area (Å²) < 4.78 is 13.7. The van der Waals surface area contributed by atoms with E-state index in [0.29, 0.717) is 0 Å². The Morgan fingerprint density at radius 3 is 1.06 bits per heavy atom. The number of hydrogen-bond acceptors (Lipinski definition) is 3. The fraction of sp³-hybridized carbons (Fsp3) is 0.0370. The molecule has 0 amide bonds. The van der Waals surface area contributed by atoms with Crippen LogP contribution in [-0.2, 0) is 16.2 Å². The van der Waals surface area contributed by atoms with Gasteiger partial charge in [-0.25, -0.2) is 0 Å². The van der Waals surface area contributed by atoms with Crippen molar-refractivity contribution in [2.45, 2.75) is 16.2 Å². The molecule has 0 bridgehead atoms. The maximum absolute atomic E-state index is 6.84. The van der Waals surface area contributed by atoms with Crippen molar-refractivity contribution in [1.29, 1.82) is 0 Å². The van der Waals surface area contributed by atoms with Crippen molar-refractivity contribution in [2.24, 2.45) is 0 Å². The molecule has 2 aliphatic heterocycles. The van der Waals surface area contributed by atoms with Gasteiger partial charge in [0.15, 0.2) is 0 Å². The third-order valence-corrected chi connectivity index (χ3v) is 19.1. The van der Waals surface area contributed by atoms with Gasteiger partial charge in [0.1, 0.15) is 23.0 Å². The Morgan fingerprint density at radius 2 is 0.583 bits per heavy atom. The van der Waals surface area contributed by atoms with Gasteiger partial charge in [0.25, 0.3) is 0 Å². The molecule has 5 aliphatic rings.